The average molecular weight is 324 g/mol. The number of nitro benzene ring substituents is 1. The van der Waals surface area contributed by atoms with Gasteiger partial charge in [0.05, 0.1) is 15.9 Å². The van der Waals surface area contributed by atoms with E-state index in [1.54, 1.807) is 24.4 Å². The van der Waals surface area contributed by atoms with Gasteiger partial charge in [0.2, 0.25) is 0 Å². The second kappa shape index (κ2) is 5.23. The van der Waals surface area contributed by atoms with E-state index in [2.05, 4.69) is 15.9 Å². The minimum absolute atomic E-state index is 0.0885. The molecule has 0 aliphatic rings. The first-order valence-electron chi connectivity index (χ1n) is 5.37. The summed E-state index contributed by atoms with van der Waals surface area (Å²) in [5, 5.41) is 10.7. The third kappa shape index (κ3) is 2.82. The molecule has 0 amide bonds. The lowest BCUT2D eigenvalue weighted by molar-refractivity contribution is -0.383. The van der Waals surface area contributed by atoms with Crippen LogP contribution in [0.4, 0.5) is 11.4 Å². The van der Waals surface area contributed by atoms with Crippen molar-refractivity contribution in [2.45, 2.75) is 6.54 Å². The molecule has 0 aliphatic carbocycles. The first-order chi connectivity index (χ1) is 8.99. The predicted molar refractivity (Wildman–Crippen MR) is 75.0 cm³/mol. The molecule has 0 fully saturated rings. The van der Waals surface area contributed by atoms with E-state index in [1.807, 2.05) is 0 Å². The predicted octanol–water partition coefficient (Wildman–Crippen LogP) is 2.15. The molecule has 1 aromatic carbocycles. The van der Waals surface area contributed by atoms with E-state index in [0.717, 1.165) is 5.56 Å². The van der Waals surface area contributed by atoms with E-state index in [-0.39, 0.29) is 16.9 Å². The fourth-order valence-electron chi connectivity index (χ4n) is 1.70. The van der Waals surface area contributed by atoms with Crippen LogP contribution in [0, 0.1) is 10.1 Å². The minimum atomic E-state index is -0.537. The molecule has 6 nitrogen and oxygen atoms in total. The molecule has 2 N–H and O–H groups in total. The van der Waals surface area contributed by atoms with Crippen molar-refractivity contribution in [2.75, 3.05) is 5.73 Å². The Morgan fingerprint density at radius 3 is 2.74 bits per heavy atom. The van der Waals surface area contributed by atoms with Gasteiger partial charge in [-0.25, -0.2) is 0 Å². The largest absolute Gasteiger partial charge is 0.393 e. The zero-order valence-electron chi connectivity index (χ0n) is 9.75. The Morgan fingerprint density at radius 1 is 1.37 bits per heavy atom. The van der Waals surface area contributed by atoms with Crippen LogP contribution in [0.25, 0.3) is 0 Å². The van der Waals surface area contributed by atoms with Gasteiger partial charge in [-0.2, -0.15) is 0 Å². The number of rotatable bonds is 3. The van der Waals surface area contributed by atoms with Crippen LogP contribution in [0.3, 0.4) is 0 Å². The number of pyridine rings is 1. The molecule has 0 saturated heterocycles. The number of aromatic nitrogens is 1. The molecule has 2 aromatic rings. The number of benzene rings is 1. The van der Waals surface area contributed by atoms with Gasteiger partial charge in [0, 0.05) is 12.3 Å². The van der Waals surface area contributed by atoms with Crippen molar-refractivity contribution < 1.29 is 4.92 Å². The Labute approximate surface area is 116 Å². The molecule has 0 unspecified atom stereocenters. The van der Waals surface area contributed by atoms with E-state index >= 15 is 0 Å². The van der Waals surface area contributed by atoms with Gasteiger partial charge >= 0.3 is 0 Å². The number of hydrogen-bond donors (Lipinski definition) is 1. The molecular weight excluding hydrogens is 314 g/mol. The number of nitrogen functional groups attached to an aromatic ring is 1. The Balaban J connectivity index is 2.34. The SMILES string of the molecule is Nc1cc(Cn2cccc(Br)c2=O)ccc1[N+](=O)[O-]. The van der Waals surface area contributed by atoms with E-state index in [0.29, 0.717) is 11.0 Å². The lowest BCUT2D eigenvalue weighted by Crippen LogP contribution is -2.20. The topological polar surface area (TPSA) is 91.2 Å². The van der Waals surface area contributed by atoms with Crippen LogP contribution in [-0.2, 0) is 6.54 Å². The molecular formula is C12H10BrN3O3. The zero-order chi connectivity index (χ0) is 14.0. The van der Waals surface area contributed by atoms with Gasteiger partial charge in [0.15, 0.2) is 0 Å². The average Bonchev–Trinajstić information content (AvgIpc) is 2.34. The van der Waals surface area contributed by atoms with Crippen molar-refractivity contribution in [3.8, 4) is 0 Å². The van der Waals surface area contributed by atoms with Gasteiger partial charge in [0.25, 0.3) is 11.2 Å². The highest BCUT2D eigenvalue weighted by Gasteiger charge is 2.11. The fourth-order valence-corrected chi connectivity index (χ4v) is 2.08. The molecule has 2 rings (SSSR count). The summed E-state index contributed by atoms with van der Waals surface area (Å²) in [5.74, 6) is 0. The summed E-state index contributed by atoms with van der Waals surface area (Å²) in [7, 11) is 0. The summed E-state index contributed by atoms with van der Waals surface area (Å²) < 4.78 is 1.95. The van der Waals surface area contributed by atoms with E-state index in [9.17, 15) is 14.9 Å². The molecule has 0 bridgehead atoms. The zero-order valence-corrected chi connectivity index (χ0v) is 11.3. The standard InChI is InChI=1S/C12H10BrN3O3/c13-9-2-1-5-15(12(9)17)7-8-3-4-11(16(18)19)10(14)6-8/h1-6H,7,14H2. The van der Waals surface area contributed by atoms with Crippen LogP contribution in [0.5, 0.6) is 0 Å². The molecule has 98 valence electrons. The van der Waals surface area contributed by atoms with E-state index in [1.165, 1.54) is 16.7 Å². The highest BCUT2D eigenvalue weighted by atomic mass is 79.9. The molecule has 7 heteroatoms. The molecule has 0 aliphatic heterocycles. The first kappa shape index (κ1) is 13.3. The van der Waals surface area contributed by atoms with Crippen LogP contribution in [0.15, 0.2) is 45.8 Å². The summed E-state index contributed by atoms with van der Waals surface area (Å²) in [6, 6.07) is 7.82. The summed E-state index contributed by atoms with van der Waals surface area (Å²) in [6.07, 6.45) is 1.64. The third-order valence-electron chi connectivity index (χ3n) is 2.62. The van der Waals surface area contributed by atoms with E-state index < -0.39 is 4.92 Å². The molecule has 0 radical (unpaired) electrons. The van der Waals surface area contributed by atoms with E-state index in [4.69, 9.17) is 5.73 Å². The number of nitrogens with two attached hydrogens (primary N) is 1. The Bertz CT molecular complexity index is 697. The second-order valence-corrected chi connectivity index (χ2v) is 4.79. The number of nitrogens with zero attached hydrogens (tertiary/aromatic N) is 2. The molecule has 1 aromatic heterocycles. The van der Waals surface area contributed by atoms with Crippen LogP contribution in [0.2, 0.25) is 0 Å². The smallest absolute Gasteiger partial charge is 0.292 e. The van der Waals surface area contributed by atoms with Gasteiger partial charge < -0.3 is 10.3 Å². The highest BCUT2D eigenvalue weighted by Crippen LogP contribution is 2.22. The van der Waals surface area contributed by atoms with Gasteiger partial charge in [-0.05, 0) is 39.7 Å². The molecule has 19 heavy (non-hydrogen) atoms. The van der Waals surface area contributed by atoms with Crippen LogP contribution in [-0.4, -0.2) is 9.49 Å². The van der Waals surface area contributed by atoms with Crippen molar-refractivity contribution >= 4 is 27.3 Å². The normalized spacial score (nSPS) is 10.4. The molecule has 0 spiro atoms. The fraction of sp³-hybridized carbons (Fsp3) is 0.0833. The number of nitro groups is 1. The number of anilines is 1. The molecule has 1 heterocycles. The lowest BCUT2D eigenvalue weighted by Gasteiger charge is -2.07. The first-order valence-corrected chi connectivity index (χ1v) is 6.16. The van der Waals surface area contributed by atoms with Crippen LogP contribution < -0.4 is 11.3 Å². The summed E-state index contributed by atoms with van der Waals surface area (Å²) in [6.45, 7) is 0.306. The number of halogens is 1. The maximum atomic E-state index is 11.8. The lowest BCUT2D eigenvalue weighted by atomic mass is 10.1. The van der Waals surface area contributed by atoms with Gasteiger partial charge in [-0.15, -0.1) is 0 Å². The van der Waals surface area contributed by atoms with Crippen molar-refractivity contribution in [1.29, 1.82) is 0 Å². The second-order valence-electron chi connectivity index (χ2n) is 3.94. The summed E-state index contributed by atoms with van der Waals surface area (Å²) in [4.78, 5) is 21.9. The quantitative estimate of drug-likeness (QED) is 0.532. The van der Waals surface area contributed by atoms with Crippen molar-refractivity contribution in [3.63, 3.8) is 0 Å². The molecule has 0 atom stereocenters. The summed E-state index contributed by atoms with van der Waals surface area (Å²) in [5.41, 5.74) is 6.12. The molecule has 0 saturated carbocycles. The maximum Gasteiger partial charge on any atom is 0.292 e. The van der Waals surface area contributed by atoms with Crippen molar-refractivity contribution in [1.82, 2.24) is 4.57 Å². The minimum Gasteiger partial charge on any atom is -0.393 e. The third-order valence-corrected chi connectivity index (χ3v) is 3.22. The number of hydrogen-bond acceptors (Lipinski definition) is 4. The Kier molecular flexibility index (Phi) is 3.66. The monoisotopic (exact) mass is 323 g/mol. The van der Waals surface area contributed by atoms with Gasteiger partial charge in [0.1, 0.15) is 5.69 Å². The summed E-state index contributed by atoms with van der Waals surface area (Å²) >= 11 is 3.16. The Morgan fingerprint density at radius 2 is 2.11 bits per heavy atom. The van der Waals surface area contributed by atoms with Gasteiger partial charge in [-0.1, -0.05) is 6.07 Å². The maximum absolute atomic E-state index is 11.8. The van der Waals surface area contributed by atoms with Crippen molar-refractivity contribution in [2.24, 2.45) is 0 Å². The Hall–Kier alpha value is -2.15. The van der Waals surface area contributed by atoms with Gasteiger partial charge in [-0.3, -0.25) is 14.9 Å². The highest BCUT2D eigenvalue weighted by molar-refractivity contribution is 9.10. The van der Waals surface area contributed by atoms with Crippen LogP contribution in [0.1, 0.15) is 5.56 Å². The van der Waals surface area contributed by atoms with Crippen LogP contribution >= 0.6 is 15.9 Å². The van der Waals surface area contributed by atoms with Crippen molar-refractivity contribution in [3.05, 3.63) is 67.0 Å².